The highest BCUT2D eigenvalue weighted by Gasteiger charge is 2.32. The van der Waals surface area contributed by atoms with Gasteiger partial charge in [-0.1, -0.05) is 31.9 Å². The molecule has 1 heterocycles. The van der Waals surface area contributed by atoms with E-state index >= 15 is 0 Å². The highest BCUT2D eigenvalue weighted by atomic mass is 32.2. The number of carbonyl (C=O) groups excluding carboxylic acids is 1. The number of quaternary nitrogens is 1. The van der Waals surface area contributed by atoms with Crippen LogP contribution in [0.5, 0.6) is 0 Å². The summed E-state index contributed by atoms with van der Waals surface area (Å²) in [6.07, 6.45) is 4.71. The van der Waals surface area contributed by atoms with Crippen LogP contribution in [0.4, 0.5) is 0 Å². The molecule has 1 aromatic carbocycles. The Morgan fingerprint density at radius 2 is 1.86 bits per heavy atom. The summed E-state index contributed by atoms with van der Waals surface area (Å²) in [6, 6.07) is 5.84. The molecule has 2 aliphatic rings. The lowest BCUT2D eigenvalue weighted by atomic mass is 9.86. The minimum atomic E-state index is -3.48. The maximum atomic E-state index is 13.0. The first-order chi connectivity index (χ1) is 13.3. The predicted molar refractivity (Wildman–Crippen MR) is 110 cm³/mol. The average molecular weight is 409 g/mol. The number of aryl methyl sites for hydroxylation is 2. The fraction of sp³-hybridized carbons (Fsp3) is 0.667. The molecule has 2 fully saturated rings. The summed E-state index contributed by atoms with van der Waals surface area (Å²) in [5.74, 6) is 0.645. The molecule has 1 saturated carbocycles. The molecule has 0 aromatic heterocycles. The van der Waals surface area contributed by atoms with Crippen molar-refractivity contribution in [1.29, 1.82) is 0 Å². The van der Waals surface area contributed by atoms with Crippen molar-refractivity contribution >= 4 is 15.9 Å². The van der Waals surface area contributed by atoms with E-state index in [9.17, 15) is 13.2 Å². The first kappa shape index (κ1) is 21.3. The quantitative estimate of drug-likeness (QED) is 0.760. The third-order valence-corrected chi connectivity index (χ3v) is 8.30. The molecular weight excluding hydrogens is 374 g/mol. The van der Waals surface area contributed by atoms with E-state index in [2.05, 4.69) is 12.2 Å². The Balaban J connectivity index is 1.54. The van der Waals surface area contributed by atoms with Gasteiger partial charge in [0.15, 0.2) is 6.54 Å². The van der Waals surface area contributed by atoms with E-state index in [1.54, 1.807) is 10.4 Å². The second-order valence-electron chi connectivity index (χ2n) is 8.54. The van der Waals surface area contributed by atoms with Crippen molar-refractivity contribution in [2.24, 2.45) is 5.92 Å². The monoisotopic (exact) mass is 408 g/mol. The normalized spacial score (nSPS) is 24.8. The summed E-state index contributed by atoms with van der Waals surface area (Å²) in [5, 5.41) is 3.21. The number of piperazine rings is 1. The molecule has 0 spiro atoms. The summed E-state index contributed by atoms with van der Waals surface area (Å²) >= 11 is 0. The smallest absolute Gasteiger partial charge is 0.275 e. The number of nitrogens with zero attached hydrogens (tertiary/aromatic N) is 1. The molecule has 0 bridgehead atoms. The van der Waals surface area contributed by atoms with E-state index in [1.807, 2.05) is 26.0 Å². The topological polar surface area (TPSA) is 70.9 Å². The minimum absolute atomic E-state index is 0.0968. The number of carbonyl (C=O) groups is 1. The SMILES string of the molecule is Cc1ccc(C)c(S(=O)(=O)N2CC[NH+](CC(=O)N[C@@H]3CCCC[C@@H]3C)CC2)c1. The van der Waals surface area contributed by atoms with Gasteiger partial charge in [-0.15, -0.1) is 0 Å². The first-order valence-corrected chi connectivity index (χ1v) is 11.9. The summed E-state index contributed by atoms with van der Waals surface area (Å²) in [7, 11) is -3.48. The zero-order valence-corrected chi connectivity index (χ0v) is 18.1. The molecule has 6 nitrogen and oxygen atoms in total. The number of hydrogen-bond acceptors (Lipinski definition) is 3. The number of amides is 1. The number of rotatable bonds is 5. The second kappa shape index (κ2) is 8.93. The third kappa shape index (κ3) is 4.93. The van der Waals surface area contributed by atoms with Crippen LogP contribution >= 0.6 is 0 Å². The Labute approximate surface area is 169 Å². The van der Waals surface area contributed by atoms with E-state index in [0.29, 0.717) is 49.6 Å². The van der Waals surface area contributed by atoms with Gasteiger partial charge in [0, 0.05) is 6.04 Å². The fourth-order valence-electron chi connectivity index (χ4n) is 4.36. The Kier molecular flexibility index (Phi) is 6.78. The number of benzene rings is 1. The third-order valence-electron chi connectivity index (χ3n) is 6.26. The van der Waals surface area contributed by atoms with Gasteiger partial charge in [0.25, 0.3) is 5.91 Å². The Morgan fingerprint density at radius 1 is 1.18 bits per heavy atom. The lowest BCUT2D eigenvalue weighted by Gasteiger charge is -2.33. The zero-order chi connectivity index (χ0) is 20.3. The molecule has 7 heteroatoms. The maximum absolute atomic E-state index is 13.0. The van der Waals surface area contributed by atoms with Crippen LogP contribution in [0, 0.1) is 19.8 Å². The largest absolute Gasteiger partial charge is 0.348 e. The molecule has 2 N–H and O–H groups in total. The Morgan fingerprint density at radius 3 is 2.54 bits per heavy atom. The van der Waals surface area contributed by atoms with Crippen molar-refractivity contribution in [2.45, 2.75) is 57.4 Å². The van der Waals surface area contributed by atoms with Gasteiger partial charge in [0.1, 0.15) is 0 Å². The molecule has 1 saturated heterocycles. The van der Waals surface area contributed by atoms with Gasteiger partial charge in [-0.25, -0.2) is 8.42 Å². The summed E-state index contributed by atoms with van der Waals surface area (Å²) < 4.78 is 27.6. The predicted octanol–water partition coefficient (Wildman–Crippen LogP) is 0.888. The standard InChI is InChI=1S/C21H33N3O3S/c1-16-8-9-18(3)20(14-16)28(26,27)24-12-10-23(11-13-24)15-21(25)22-19-7-5-4-6-17(19)2/h8-9,14,17,19H,4-7,10-13,15H2,1-3H3,(H,22,25)/p+1/t17-,19+/m0/s1. The van der Waals surface area contributed by atoms with Crippen molar-refractivity contribution in [1.82, 2.24) is 9.62 Å². The van der Waals surface area contributed by atoms with Gasteiger partial charge >= 0.3 is 0 Å². The highest BCUT2D eigenvalue weighted by molar-refractivity contribution is 7.89. The van der Waals surface area contributed by atoms with Crippen LogP contribution in [-0.4, -0.2) is 57.4 Å². The van der Waals surface area contributed by atoms with E-state index in [0.717, 1.165) is 22.4 Å². The molecule has 156 valence electrons. The van der Waals surface area contributed by atoms with E-state index < -0.39 is 10.0 Å². The fourth-order valence-corrected chi connectivity index (χ4v) is 6.11. The van der Waals surface area contributed by atoms with Crippen LogP contribution in [0.1, 0.15) is 43.7 Å². The Hall–Kier alpha value is -1.44. The van der Waals surface area contributed by atoms with Crippen LogP contribution in [0.25, 0.3) is 0 Å². The molecule has 28 heavy (non-hydrogen) atoms. The molecule has 0 unspecified atom stereocenters. The van der Waals surface area contributed by atoms with Crippen LogP contribution in [0.15, 0.2) is 23.1 Å². The molecule has 1 amide bonds. The van der Waals surface area contributed by atoms with E-state index in [1.165, 1.54) is 19.3 Å². The van der Waals surface area contributed by atoms with Crippen molar-refractivity contribution in [3.05, 3.63) is 29.3 Å². The number of nitrogens with one attached hydrogen (secondary N) is 2. The van der Waals surface area contributed by atoms with Crippen LogP contribution < -0.4 is 10.2 Å². The summed E-state index contributed by atoms with van der Waals surface area (Å²) in [4.78, 5) is 14.0. The van der Waals surface area contributed by atoms with Crippen molar-refractivity contribution in [2.75, 3.05) is 32.7 Å². The second-order valence-corrected chi connectivity index (χ2v) is 10.4. The maximum Gasteiger partial charge on any atom is 0.275 e. The molecule has 2 atom stereocenters. The molecule has 0 radical (unpaired) electrons. The molecule has 1 aliphatic carbocycles. The van der Waals surface area contributed by atoms with Crippen LogP contribution in [-0.2, 0) is 14.8 Å². The molecule has 1 aromatic rings. The van der Waals surface area contributed by atoms with Crippen molar-refractivity contribution < 1.29 is 18.1 Å². The lowest BCUT2D eigenvalue weighted by molar-refractivity contribution is -0.895. The zero-order valence-electron chi connectivity index (χ0n) is 17.3. The van der Waals surface area contributed by atoms with Gasteiger partial charge < -0.3 is 10.2 Å². The van der Waals surface area contributed by atoms with Gasteiger partial charge in [-0.2, -0.15) is 4.31 Å². The van der Waals surface area contributed by atoms with Gasteiger partial charge in [0.05, 0.1) is 31.1 Å². The Bertz CT molecular complexity index is 801. The van der Waals surface area contributed by atoms with Crippen LogP contribution in [0.3, 0.4) is 0 Å². The van der Waals surface area contributed by atoms with Crippen molar-refractivity contribution in [3.63, 3.8) is 0 Å². The summed E-state index contributed by atoms with van der Waals surface area (Å²) in [6.45, 7) is 8.64. The minimum Gasteiger partial charge on any atom is -0.348 e. The van der Waals surface area contributed by atoms with Crippen LogP contribution in [0.2, 0.25) is 0 Å². The van der Waals surface area contributed by atoms with E-state index in [4.69, 9.17) is 0 Å². The lowest BCUT2D eigenvalue weighted by Crippen LogP contribution is -3.15. The average Bonchev–Trinajstić information content (AvgIpc) is 2.66. The van der Waals surface area contributed by atoms with Gasteiger partial charge in [-0.3, -0.25) is 4.79 Å². The number of sulfonamides is 1. The number of hydrogen-bond donors (Lipinski definition) is 2. The van der Waals surface area contributed by atoms with Crippen molar-refractivity contribution in [3.8, 4) is 0 Å². The molecule has 1 aliphatic heterocycles. The first-order valence-electron chi connectivity index (χ1n) is 10.5. The molecule has 3 rings (SSSR count). The van der Waals surface area contributed by atoms with Gasteiger partial charge in [-0.05, 0) is 49.8 Å². The van der Waals surface area contributed by atoms with Gasteiger partial charge in [0.2, 0.25) is 10.0 Å². The summed E-state index contributed by atoms with van der Waals surface area (Å²) in [5.41, 5.74) is 1.73. The molecular formula is C21H34N3O3S+. The highest BCUT2D eigenvalue weighted by Crippen LogP contribution is 2.23. The van der Waals surface area contributed by atoms with E-state index in [-0.39, 0.29) is 5.91 Å².